The van der Waals surface area contributed by atoms with Gasteiger partial charge in [0.2, 0.25) is 0 Å². The van der Waals surface area contributed by atoms with Gasteiger partial charge in [0, 0.05) is 25.2 Å². The number of rotatable bonds is 2. The maximum absolute atomic E-state index is 11.9. The van der Waals surface area contributed by atoms with Crippen LogP contribution in [0.1, 0.15) is 25.7 Å². The van der Waals surface area contributed by atoms with Gasteiger partial charge < -0.3 is 14.4 Å². The summed E-state index contributed by atoms with van der Waals surface area (Å²) in [6.45, 7) is 4.34. The first kappa shape index (κ1) is 12.2. The van der Waals surface area contributed by atoms with E-state index in [0.29, 0.717) is 39.0 Å². The van der Waals surface area contributed by atoms with Crippen molar-refractivity contribution in [2.75, 3.05) is 39.5 Å². The average Bonchev–Trinajstić information content (AvgIpc) is 3.00. The smallest absolute Gasteiger partial charge is 0.409 e. The van der Waals surface area contributed by atoms with Crippen molar-refractivity contribution in [1.29, 1.82) is 0 Å². The van der Waals surface area contributed by atoms with E-state index in [9.17, 15) is 4.79 Å². The molecular weight excluding hydrogens is 232 g/mol. The molecule has 1 amide bonds. The Hall–Kier alpha value is -0.810. The van der Waals surface area contributed by atoms with Crippen molar-refractivity contribution < 1.29 is 14.3 Å². The van der Waals surface area contributed by atoms with Crippen molar-refractivity contribution in [2.24, 2.45) is 0 Å². The fourth-order valence-corrected chi connectivity index (χ4v) is 3.38. The molecule has 5 heteroatoms. The van der Waals surface area contributed by atoms with Gasteiger partial charge in [0.05, 0.1) is 13.2 Å². The summed E-state index contributed by atoms with van der Waals surface area (Å²) in [4.78, 5) is 16.2. The average molecular weight is 254 g/mol. The molecule has 18 heavy (non-hydrogen) atoms. The summed E-state index contributed by atoms with van der Waals surface area (Å²) in [5, 5.41) is 0. The maximum Gasteiger partial charge on any atom is 0.409 e. The molecule has 3 saturated heterocycles. The van der Waals surface area contributed by atoms with Crippen molar-refractivity contribution in [2.45, 2.75) is 37.8 Å². The van der Waals surface area contributed by atoms with Crippen LogP contribution in [0.5, 0.6) is 0 Å². The second-order valence-corrected chi connectivity index (χ2v) is 5.44. The molecule has 0 spiro atoms. The fourth-order valence-electron chi connectivity index (χ4n) is 3.38. The molecule has 3 aliphatic heterocycles. The number of amides is 1. The Balaban J connectivity index is 1.44. The second kappa shape index (κ2) is 5.45. The van der Waals surface area contributed by atoms with Gasteiger partial charge in [0.1, 0.15) is 6.61 Å². The molecule has 0 saturated carbocycles. The molecule has 0 bridgehead atoms. The summed E-state index contributed by atoms with van der Waals surface area (Å²) < 4.78 is 10.7. The van der Waals surface area contributed by atoms with Crippen molar-refractivity contribution in [1.82, 2.24) is 9.80 Å². The summed E-state index contributed by atoms with van der Waals surface area (Å²) in [6, 6.07) is 1.22. The molecule has 102 valence electrons. The largest absolute Gasteiger partial charge is 0.448 e. The molecule has 3 aliphatic rings. The molecule has 5 nitrogen and oxygen atoms in total. The Morgan fingerprint density at radius 1 is 1.17 bits per heavy atom. The van der Waals surface area contributed by atoms with Crippen LogP contribution < -0.4 is 0 Å². The summed E-state index contributed by atoms with van der Waals surface area (Å²) in [5.41, 5.74) is 0. The molecule has 0 aromatic carbocycles. The van der Waals surface area contributed by atoms with E-state index in [0.717, 1.165) is 6.04 Å². The van der Waals surface area contributed by atoms with Gasteiger partial charge in [-0.1, -0.05) is 0 Å². The highest BCUT2D eigenvalue weighted by molar-refractivity contribution is 5.67. The molecule has 3 fully saturated rings. The monoisotopic (exact) mass is 254 g/mol. The number of morpholine rings is 1. The van der Waals surface area contributed by atoms with Crippen molar-refractivity contribution in [3.8, 4) is 0 Å². The summed E-state index contributed by atoms with van der Waals surface area (Å²) in [5.74, 6) is 0. The minimum Gasteiger partial charge on any atom is -0.448 e. The normalized spacial score (nSPS) is 32.6. The fraction of sp³-hybridized carbons (Fsp3) is 0.923. The third-order valence-electron chi connectivity index (χ3n) is 4.39. The highest BCUT2D eigenvalue weighted by atomic mass is 16.6. The topological polar surface area (TPSA) is 42.0 Å². The van der Waals surface area contributed by atoms with Crippen LogP contribution in [0.15, 0.2) is 0 Å². The number of ether oxygens (including phenoxy) is 2. The number of carbonyl (C=O) groups excluding carboxylic acids is 1. The number of hydrogen-bond donors (Lipinski definition) is 0. The zero-order chi connectivity index (χ0) is 12.4. The Morgan fingerprint density at radius 2 is 2.00 bits per heavy atom. The molecule has 3 heterocycles. The van der Waals surface area contributed by atoms with Crippen molar-refractivity contribution >= 4 is 6.09 Å². The highest BCUT2D eigenvalue weighted by Gasteiger charge is 2.37. The molecular formula is C13H22N2O3. The zero-order valence-corrected chi connectivity index (χ0v) is 10.8. The lowest BCUT2D eigenvalue weighted by molar-refractivity contribution is 0.0202. The van der Waals surface area contributed by atoms with E-state index in [2.05, 4.69) is 4.90 Å². The first-order valence-corrected chi connectivity index (χ1v) is 7.10. The molecule has 0 radical (unpaired) electrons. The van der Waals surface area contributed by atoms with E-state index in [1.807, 2.05) is 0 Å². The SMILES string of the molecule is O=C(OCC1CCC2CCCN21)N1CCOCC1. The van der Waals surface area contributed by atoms with Crippen LogP contribution in [0, 0.1) is 0 Å². The predicted octanol–water partition coefficient (Wildman–Crippen LogP) is 1.08. The first-order chi connectivity index (χ1) is 8.84. The highest BCUT2D eigenvalue weighted by Crippen LogP contribution is 2.32. The molecule has 3 rings (SSSR count). The molecule has 0 aromatic rings. The number of carbonyl (C=O) groups is 1. The molecule has 2 unspecified atom stereocenters. The quantitative estimate of drug-likeness (QED) is 0.739. The van der Waals surface area contributed by atoms with Gasteiger partial charge in [0.25, 0.3) is 0 Å². The molecule has 0 N–H and O–H groups in total. The standard InChI is InChI=1S/C13H22N2O3/c16-13(14-6-8-17-9-7-14)18-10-12-4-3-11-2-1-5-15(11)12/h11-12H,1-10H2. The Bertz CT molecular complexity index is 305. The molecule has 0 aliphatic carbocycles. The lowest BCUT2D eigenvalue weighted by Crippen LogP contribution is -2.43. The van der Waals surface area contributed by atoms with Gasteiger partial charge in [-0.3, -0.25) is 4.90 Å². The van der Waals surface area contributed by atoms with E-state index in [1.165, 1.54) is 32.2 Å². The van der Waals surface area contributed by atoms with Crippen molar-refractivity contribution in [3.05, 3.63) is 0 Å². The van der Waals surface area contributed by atoms with Crippen LogP contribution in [0.4, 0.5) is 4.79 Å². The van der Waals surface area contributed by atoms with Crippen LogP contribution in [0.2, 0.25) is 0 Å². The molecule has 2 atom stereocenters. The molecule has 0 aromatic heterocycles. The number of hydrogen-bond acceptors (Lipinski definition) is 4. The van der Waals surface area contributed by atoms with E-state index in [1.54, 1.807) is 4.90 Å². The zero-order valence-electron chi connectivity index (χ0n) is 10.8. The van der Waals surface area contributed by atoms with Gasteiger partial charge in [-0.15, -0.1) is 0 Å². The van der Waals surface area contributed by atoms with Gasteiger partial charge in [-0.25, -0.2) is 4.79 Å². The number of fused-ring (bicyclic) bond motifs is 1. The van der Waals surface area contributed by atoms with E-state index < -0.39 is 0 Å². The van der Waals surface area contributed by atoms with Gasteiger partial charge in [-0.05, 0) is 32.2 Å². The lowest BCUT2D eigenvalue weighted by Gasteiger charge is -2.28. The van der Waals surface area contributed by atoms with E-state index >= 15 is 0 Å². The van der Waals surface area contributed by atoms with Gasteiger partial charge in [-0.2, -0.15) is 0 Å². The Kier molecular flexibility index (Phi) is 3.70. The third-order valence-corrected chi connectivity index (χ3v) is 4.39. The first-order valence-electron chi connectivity index (χ1n) is 7.10. The van der Waals surface area contributed by atoms with Crippen LogP contribution in [0.3, 0.4) is 0 Å². The minimum atomic E-state index is -0.166. The lowest BCUT2D eigenvalue weighted by atomic mass is 10.1. The minimum absolute atomic E-state index is 0.166. The third kappa shape index (κ3) is 2.47. The maximum atomic E-state index is 11.9. The Morgan fingerprint density at radius 3 is 2.83 bits per heavy atom. The second-order valence-electron chi connectivity index (χ2n) is 5.44. The van der Waals surface area contributed by atoms with Crippen LogP contribution in [-0.4, -0.2) is 67.4 Å². The summed E-state index contributed by atoms with van der Waals surface area (Å²) >= 11 is 0. The number of nitrogens with zero attached hydrogens (tertiary/aromatic N) is 2. The van der Waals surface area contributed by atoms with Crippen LogP contribution >= 0.6 is 0 Å². The van der Waals surface area contributed by atoms with Crippen molar-refractivity contribution in [3.63, 3.8) is 0 Å². The summed E-state index contributed by atoms with van der Waals surface area (Å²) in [6.07, 6.45) is 4.92. The van der Waals surface area contributed by atoms with E-state index in [4.69, 9.17) is 9.47 Å². The van der Waals surface area contributed by atoms with Gasteiger partial charge >= 0.3 is 6.09 Å². The summed E-state index contributed by atoms with van der Waals surface area (Å²) in [7, 11) is 0. The van der Waals surface area contributed by atoms with E-state index in [-0.39, 0.29) is 6.09 Å². The predicted molar refractivity (Wildman–Crippen MR) is 66.5 cm³/mol. The van der Waals surface area contributed by atoms with Crippen LogP contribution in [0.25, 0.3) is 0 Å². The van der Waals surface area contributed by atoms with Gasteiger partial charge in [0.15, 0.2) is 0 Å². The Labute approximate surface area is 108 Å². The van der Waals surface area contributed by atoms with Crippen LogP contribution in [-0.2, 0) is 9.47 Å².